The number of phosphoric acid groups is 1. The molecule has 0 fully saturated rings. The number of allylic oxidation sites excluding steroid dienone is 9. The molecule has 0 aliphatic rings. The van der Waals surface area contributed by atoms with Crippen LogP contribution in [-0.4, -0.2) is 49.3 Å². The van der Waals surface area contributed by atoms with E-state index in [-0.39, 0.29) is 32.6 Å². The van der Waals surface area contributed by atoms with E-state index in [1.165, 1.54) is 199 Å². The highest BCUT2D eigenvalue weighted by atomic mass is 31.2. The molecule has 0 heterocycles. The zero-order chi connectivity index (χ0) is 51.0. The van der Waals surface area contributed by atoms with Crippen molar-refractivity contribution >= 4 is 19.8 Å². The summed E-state index contributed by atoms with van der Waals surface area (Å²) >= 11 is 0. The van der Waals surface area contributed by atoms with Gasteiger partial charge < -0.3 is 20.1 Å². The van der Waals surface area contributed by atoms with Crippen LogP contribution < -0.4 is 5.73 Å². The molecule has 9 nitrogen and oxygen atoms in total. The van der Waals surface area contributed by atoms with Crippen LogP contribution in [0, 0.1) is 0 Å². The maximum atomic E-state index is 12.6. The van der Waals surface area contributed by atoms with E-state index in [1.54, 1.807) is 6.08 Å². The zero-order valence-corrected chi connectivity index (χ0v) is 46.4. The van der Waals surface area contributed by atoms with Gasteiger partial charge in [0.15, 0.2) is 6.10 Å². The molecule has 0 spiro atoms. The van der Waals surface area contributed by atoms with Crippen molar-refractivity contribution in [2.24, 2.45) is 5.73 Å². The fourth-order valence-corrected chi connectivity index (χ4v) is 9.19. The van der Waals surface area contributed by atoms with Gasteiger partial charge in [-0.15, -0.1) is 0 Å². The molecule has 3 N–H and O–H groups in total. The molecule has 0 aliphatic heterocycles. The average Bonchev–Trinajstić information content (AvgIpc) is 3.35. The van der Waals surface area contributed by atoms with Crippen LogP contribution in [0.3, 0.4) is 0 Å². The molecule has 0 bridgehead atoms. The van der Waals surface area contributed by atoms with Crippen LogP contribution in [0.4, 0.5) is 0 Å². The summed E-state index contributed by atoms with van der Waals surface area (Å²) in [5, 5.41) is 0. The number of esters is 2. The van der Waals surface area contributed by atoms with Crippen molar-refractivity contribution in [2.45, 2.75) is 283 Å². The van der Waals surface area contributed by atoms with E-state index in [0.29, 0.717) is 6.42 Å². The summed E-state index contributed by atoms with van der Waals surface area (Å²) < 4.78 is 32.8. The summed E-state index contributed by atoms with van der Waals surface area (Å²) in [5.41, 5.74) is 5.36. The lowest BCUT2D eigenvalue weighted by atomic mass is 10.0. The number of carbonyl (C=O) groups excluding carboxylic acids is 2. The fraction of sp³-hybridized carbons (Fsp3) is 0.800. The van der Waals surface area contributed by atoms with Crippen molar-refractivity contribution in [2.75, 3.05) is 26.4 Å². The first-order valence-corrected chi connectivity index (χ1v) is 30.8. The first-order chi connectivity index (χ1) is 34.3. The molecule has 408 valence electrons. The number of carbonyl (C=O) groups is 2. The molecule has 2 atom stereocenters. The van der Waals surface area contributed by atoms with Crippen molar-refractivity contribution in [1.29, 1.82) is 0 Å². The van der Waals surface area contributed by atoms with Gasteiger partial charge in [0.1, 0.15) is 6.61 Å². The largest absolute Gasteiger partial charge is 0.472 e. The third-order valence-electron chi connectivity index (χ3n) is 12.7. The van der Waals surface area contributed by atoms with Crippen LogP contribution in [0.15, 0.2) is 60.8 Å². The van der Waals surface area contributed by atoms with Gasteiger partial charge in [0.2, 0.25) is 0 Å². The Balaban J connectivity index is 3.85. The maximum absolute atomic E-state index is 12.6. The number of phosphoric ester groups is 1. The normalized spacial score (nSPS) is 13.5. The van der Waals surface area contributed by atoms with E-state index in [2.05, 4.69) is 56.4 Å². The SMILES string of the molecule is CC/C=C\C/C=C\C/C=C\C/C=C\C/C=C\CC(=O)OC(COC(=O)CCCCCCCCCCCCCCCCCCCCCCCCCCCCCCCCCCCC)COP(=O)(O)OCCN. The second kappa shape index (κ2) is 56.0. The molecule has 0 aromatic rings. The average molecular weight is 1000 g/mol. The van der Waals surface area contributed by atoms with E-state index >= 15 is 0 Å². The van der Waals surface area contributed by atoms with Crippen LogP contribution in [0.1, 0.15) is 277 Å². The fourth-order valence-electron chi connectivity index (χ4n) is 8.42. The van der Waals surface area contributed by atoms with Crippen molar-refractivity contribution < 1.29 is 37.6 Å². The summed E-state index contributed by atoms with van der Waals surface area (Å²) in [6, 6.07) is 0. The Kier molecular flexibility index (Phi) is 54.2. The van der Waals surface area contributed by atoms with Gasteiger partial charge in [0, 0.05) is 13.0 Å². The van der Waals surface area contributed by atoms with E-state index in [4.69, 9.17) is 24.3 Å². The first-order valence-electron chi connectivity index (χ1n) is 29.3. The Morgan fingerprint density at radius 1 is 0.443 bits per heavy atom. The van der Waals surface area contributed by atoms with Gasteiger partial charge in [0.05, 0.1) is 19.6 Å². The third-order valence-corrected chi connectivity index (χ3v) is 13.7. The highest BCUT2D eigenvalue weighted by Gasteiger charge is 2.25. The first kappa shape index (κ1) is 67.7. The van der Waals surface area contributed by atoms with Gasteiger partial charge in [0.25, 0.3) is 0 Å². The zero-order valence-electron chi connectivity index (χ0n) is 45.5. The standard InChI is InChI=1S/C60H110NO8P/c1-3-5-7-9-11-13-15-17-19-20-21-22-23-24-25-26-27-28-29-30-31-32-33-34-35-36-37-39-40-42-44-46-48-50-52-59(62)66-56-58(57-68-70(64,65)67-55-54-61)69-60(63)53-51-49-47-45-43-41-38-18-16-14-12-10-8-6-4-2/h6,8,12,14,18,38,43,45,49,51,58H,3-5,7,9-11,13,15-17,19-37,39-42,44,46-48,50,52-57,61H2,1-2H3,(H,64,65)/b8-6-,14-12-,38-18-,45-43-,51-49-. The number of rotatable bonds is 55. The van der Waals surface area contributed by atoms with E-state index in [1.807, 2.05) is 12.2 Å². The highest BCUT2D eigenvalue weighted by molar-refractivity contribution is 7.47. The van der Waals surface area contributed by atoms with Gasteiger partial charge in [-0.05, 0) is 38.5 Å². The van der Waals surface area contributed by atoms with E-state index in [9.17, 15) is 19.0 Å². The third kappa shape index (κ3) is 55.0. The Bertz CT molecular complexity index is 1330. The van der Waals surface area contributed by atoms with Gasteiger partial charge in [-0.1, -0.05) is 286 Å². The lowest BCUT2D eigenvalue weighted by Gasteiger charge is -2.19. The Hall–Kier alpha value is -2.29. The molecule has 0 radical (unpaired) electrons. The Labute approximate surface area is 431 Å². The number of ether oxygens (including phenoxy) is 2. The molecular weight excluding hydrogens is 894 g/mol. The molecule has 10 heteroatoms. The van der Waals surface area contributed by atoms with Crippen molar-refractivity contribution in [1.82, 2.24) is 0 Å². The molecule has 0 aliphatic carbocycles. The van der Waals surface area contributed by atoms with Crippen molar-refractivity contribution in [3.05, 3.63) is 60.8 Å². The molecule has 0 rings (SSSR count). The number of hydrogen-bond acceptors (Lipinski definition) is 8. The predicted molar refractivity (Wildman–Crippen MR) is 298 cm³/mol. The van der Waals surface area contributed by atoms with Crippen molar-refractivity contribution in [3.8, 4) is 0 Å². The molecule has 2 unspecified atom stereocenters. The monoisotopic (exact) mass is 1000 g/mol. The lowest BCUT2D eigenvalue weighted by molar-refractivity contribution is -0.160. The quantitative estimate of drug-likeness (QED) is 0.0264. The second-order valence-corrected chi connectivity index (χ2v) is 21.0. The summed E-state index contributed by atoms with van der Waals surface area (Å²) in [5.74, 6) is -0.968. The summed E-state index contributed by atoms with van der Waals surface area (Å²) in [6.07, 6.45) is 70.7. The Morgan fingerprint density at radius 3 is 1.11 bits per heavy atom. The maximum Gasteiger partial charge on any atom is 0.472 e. The molecule has 70 heavy (non-hydrogen) atoms. The smallest absolute Gasteiger partial charge is 0.462 e. The second-order valence-electron chi connectivity index (χ2n) is 19.5. The number of hydrogen-bond donors (Lipinski definition) is 2. The lowest BCUT2D eigenvalue weighted by Crippen LogP contribution is -2.29. The van der Waals surface area contributed by atoms with Gasteiger partial charge in [-0.2, -0.15) is 0 Å². The Morgan fingerprint density at radius 2 is 0.771 bits per heavy atom. The molecule has 0 saturated carbocycles. The number of unbranched alkanes of at least 4 members (excludes halogenated alkanes) is 33. The summed E-state index contributed by atoms with van der Waals surface area (Å²) in [6.45, 7) is 3.54. The van der Waals surface area contributed by atoms with Crippen LogP contribution in [0.2, 0.25) is 0 Å². The van der Waals surface area contributed by atoms with Crippen LogP contribution in [0.5, 0.6) is 0 Å². The van der Waals surface area contributed by atoms with Gasteiger partial charge >= 0.3 is 19.8 Å². The molecule has 0 aromatic heterocycles. The summed E-state index contributed by atoms with van der Waals surface area (Å²) in [4.78, 5) is 35.0. The van der Waals surface area contributed by atoms with Gasteiger partial charge in [-0.3, -0.25) is 18.6 Å². The molecule has 0 saturated heterocycles. The molecular formula is C60H110NO8P. The number of nitrogens with two attached hydrogens (primary N) is 1. The van der Waals surface area contributed by atoms with Crippen LogP contribution in [0.25, 0.3) is 0 Å². The van der Waals surface area contributed by atoms with Crippen LogP contribution in [-0.2, 0) is 32.7 Å². The van der Waals surface area contributed by atoms with Crippen molar-refractivity contribution in [3.63, 3.8) is 0 Å². The van der Waals surface area contributed by atoms with E-state index < -0.39 is 32.5 Å². The van der Waals surface area contributed by atoms with Gasteiger partial charge in [-0.25, -0.2) is 4.57 Å². The summed E-state index contributed by atoms with van der Waals surface area (Å²) in [7, 11) is -4.41. The minimum atomic E-state index is -4.41. The highest BCUT2D eigenvalue weighted by Crippen LogP contribution is 2.43. The molecule has 0 aromatic carbocycles. The minimum Gasteiger partial charge on any atom is -0.462 e. The predicted octanol–water partition coefficient (Wildman–Crippen LogP) is 18.3. The van der Waals surface area contributed by atoms with E-state index in [0.717, 1.165) is 44.9 Å². The minimum absolute atomic E-state index is 0.00183. The topological polar surface area (TPSA) is 134 Å². The molecule has 0 amide bonds. The van der Waals surface area contributed by atoms with Crippen LogP contribution >= 0.6 is 7.82 Å².